The molecule has 0 radical (unpaired) electrons. The first-order valence-electron chi connectivity index (χ1n) is 30.1. The summed E-state index contributed by atoms with van der Waals surface area (Å²) < 4.78 is 0. The van der Waals surface area contributed by atoms with Crippen LogP contribution in [0.1, 0.15) is 108 Å². The van der Waals surface area contributed by atoms with Gasteiger partial charge in [-0.1, -0.05) is 68.4 Å². The molecule has 0 aromatic heterocycles. The number of carbonyl (C=O) groups excluding carboxylic acids is 9. The summed E-state index contributed by atoms with van der Waals surface area (Å²) in [6.07, 6.45) is 2.47. The number of hydrogen-bond acceptors (Lipinski definition) is 16. The number of aliphatic carboxylic acids is 1. The molecule has 488 valence electrons. The topological polar surface area (TPSA) is 473 Å². The summed E-state index contributed by atoms with van der Waals surface area (Å²) in [5.41, 5.74) is 30.5. The zero-order valence-electron chi connectivity index (χ0n) is 50.9. The molecular weight excluding hydrogens is 1150 g/mol. The van der Waals surface area contributed by atoms with Crippen LogP contribution >= 0.6 is 0 Å². The van der Waals surface area contributed by atoms with Gasteiger partial charge in [0, 0.05) is 25.9 Å². The first-order chi connectivity index (χ1) is 42.4. The number of carboxylic acid groups (broad SMARTS) is 1. The molecule has 0 saturated carbocycles. The fraction of sp³-hybridized carbons (Fsp3) is 0.525. The van der Waals surface area contributed by atoms with Crippen molar-refractivity contribution in [1.29, 1.82) is 0 Å². The van der Waals surface area contributed by atoms with Gasteiger partial charge in [-0.25, -0.2) is 4.79 Å². The fourth-order valence-corrected chi connectivity index (χ4v) is 9.90. The lowest BCUT2D eigenvalue weighted by molar-refractivity contribution is -0.145. The quantitative estimate of drug-likeness (QED) is 0.0175. The minimum atomic E-state index is -1.39. The van der Waals surface area contributed by atoms with Crippen molar-refractivity contribution < 1.29 is 63.3 Å². The first kappa shape index (κ1) is 72.6. The highest BCUT2D eigenvalue weighted by atomic mass is 16.4. The van der Waals surface area contributed by atoms with Gasteiger partial charge in [-0.05, 0) is 144 Å². The van der Waals surface area contributed by atoms with E-state index in [1.165, 1.54) is 36.1 Å². The van der Waals surface area contributed by atoms with Gasteiger partial charge in [-0.2, -0.15) is 0 Å². The van der Waals surface area contributed by atoms with E-state index in [1.807, 2.05) is 0 Å². The molecule has 9 amide bonds. The number of guanidine groups is 1. The Kier molecular flexibility index (Phi) is 30.8. The van der Waals surface area contributed by atoms with Gasteiger partial charge in [-0.3, -0.25) is 48.1 Å². The van der Waals surface area contributed by atoms with E-state index in [0.29, 0.717) is 55.3 Å². The van der Waals surface area contributed by atoms with Crippen molar-refractivity contribution in [3.8, 4) is 11.5 Å². The number of carboxylic acids is 1. The van der Waals surface area contributed by atoms with E-state index in [4.69, 9.17) is 28.7 Å². The molecule has 9 atom stereocenters. The number of benzene rings is 3. The predicted molar refractivity (Wildman–Crippen MR) is 331 cm³/mol. The molecule has 1 saturated heterocycles. The number of aliphatic imine (C=N–C) groups is 1. The molecule has 3 aromatic carbocycles. The average molecular weight is 1240 g/mol. The lowest BCUT2D eigenvalue weighted by atomic mass is 10.00. The summed E-state index contributed by atoms with van der Waals surface area (Å²) in [4.78, 5) is 144. The third-order valence-corrected chi connectivity index (χ3v) is 14.7. The summed E-state index contributed by atoms with van der Waals surface area (Å²) in [6, 6.07) is 9.50. The van der Waals surface area contributed by atoms with Crippen molar-refractivity contribution in [2.24, 2.45) is 39.6 Å². The van der Waals surface area contributed by atoms with Crippen molar-refractivity contribution >= 4 is 65.1 Å². The van der Waals surface area contributed by atoms with Crippen LogP contribution in [0.5, 0.6) is 11.5 Å². The highest BCUT2D eigenvalue weighted by Gasteiger charge is 2.40. The SMILES string of the molecule is CC(C)C[C@H](NC(=O)[C@H](Cc1ccccc1)NC(=O)CNC(=O)[C@@H](C)NC(=O)[C@@H](N)Cc1ccc(O)cc1)C(=O)N[C@@H](CCCN=C(N)N)C(=O)N[C@@H](CCCCN)C(=O)N[C@@H](Cc1ccc(O)cc1)C(=O)N1CCC[C@H]1C(=O)N[C@@H](CCCCN)C(=O)O. The summed E-state index contributed by atoms with van der Waals surface area (Å²) in [6.45, 7) is 5.08. The Labute approximate surface area is 518 Å². The number of aromatic hydroxyl groups is 2. The Morgan fingerprint density at radius 3 is 1.61 bits per heavy atom. The van der Waals surface area contributed by atoms with Crippen LogP contribution in [-0.4, -0.2) is 172 Å². The number of nitrogens with zero attached hydrogens (tertiary/aromatic N) is 2. The number of hydrogen-bond donors (Lipinski definition) is 16. The number of amides is 9. The van der Waals surface area contributed by atoms with Gasteiger partial charge in [-0.15, -0.1) is 0 Å². The largest absolute Gasteiger partial charge is 0.508 e. The highest BCUT2D eigenvalue weighted by molar-refractivity contribution is 5.98. The molecule has 1 aliphatic heterocycles. The maximum atomic E-state index is 14.7. The molecule has 3 aromatic rings. The maximum absolute atomic E-state index is 14.7. The standard InChI is InChI=1S/C61H91N15O13/c1-36(2)31-47(74-57(85)48(33-38-13-5-4-6-14-38)70-51(79)35-68-52(80)37(3)69-53(81)43(64)32-39-19-23-41(77)24-20-39)56(84)72-45(17-11-29-67-61(65)66)54(82)71-44(15-7-9-27-62)55(83)75-49(34-40-21-25-42(78)26-22-40)59(87)76-30-12-18-50(76)58(86)73-46(60(88)89)16-8-10-28-63/h4-6,13-14,19-26,36-37,43-50,77-78H,7-12,15-18,27-35,62-64H2,1-3H3,(H,68,80)(H,69,81)(H,70,79)(H,71,82)(H,72,84)(H,73,86)(H,74,85)(H,75,83)(H,88,89)(H4,65,66,67)/t37-,43+,44+,45+,46+,47+,48+,49+,50+/m1/s1. The monoisotopic (exact) mass is 1240 g/mol. The van der Waals surface area contributed by atoms with Crippen LogP contribution in [0, 0.1) is 5.92 Å². The molecule has 0 bridgehead atoms. The van der Waals surface area contributed by atoms with Crippen LogP contribution in [-0.2, 0) is 67.2 Å². The molecule has 0 aliphatic carbocycles. The number of unbranched alkanes of at least 4 members (excludes halogenated alkanes) is 2. The minimum absolute atomic E-state index is 0.0105. The Balaban J connectivity index is 1.56. The Bertz CT molecular complexity index is 2840. The smallest absolute Gasteiger partial charge is 0.326 e. The van der Waals surface area contributed by atoms with Gasteiger partial charge in [0.05, 0.1) is 12.6 Å². The highest BCUT2D eigenvalue weighted by Crippen LogP contribution is 2.22. The number of phenolic OH excluding ortho intramolecular Hbond substituents is 2. The molecule has 21 N–H and O–H groups in total. The zero-order chi connectivity index (χ0) is 65.6. The second-order valence-corrected chi connectivity index (χ2v) is 22.6. The number of nitrogens with one attached hydrogen (secondary N) is 8. The molecule has 1 heterocycles. The molecule has 28 nitrogen and oxygen atoms in total. The summed E-state index contributed by atoms with van der Waals surface area (Å²) in [5, 5.41) is 50.8. The third-order valence-electron chi connectivity index (χ3n) is 14.7. The number of nitrogens with two attached hydrogens (primary N) is 5. The molecule has 0 unspecified atom stereocenters. The maximum Gasteiger partial charge on any atom is 0.326 e. The van der Waals surface area contributed by atoms with Crippen molar-refractivity contribution in [3.63, 3.8) is 0 Å². The van der Waals surface area contributed by atoms with Gasteiger partial charge in [0.25, 0.3) is 0 Å². The van der Waals surface area contributed by atoms with E-state index in [2.05, 4.69) is 47.5 Å². The van der Waals surface area contributed by atoms with Crippen molar-refractivity contribution in [2.75, 3.05) is 32.7 Å². The fourth-order valence-electron chi connectivity index (χ4n) is 9.90. The average Bonchev–Trinajstić information content (AvgIpc) is 2.43. The Hall–Kier alpha value is -8.89. The number of carbonyl (C=O) groups is 10. The van der Waals surface area contributed by atoms with E-state index in [-0.39, 0.29) is 101 Å². The lowest BCUT2D eigenvalue weighted by Gasteiger charge is -2.31. The molecule has 1 fully saturated rings. The molecule has 1 aliphatic rings. The summed E-state index contributed by atoms with van der Waals surface area (Å²) in [7, 11) is 0. The molecule has 0 spiro atoms. The van der Waals surface area contributed by atoms with Gasteiger partial charge < -0.3 is 91.4 Å². The van der Waals surface area contributed by atoms with Crippen molar-refractivity contribution in [1.82, 2.24) is 47.4 Å². The van der Waals surface area contributed by atoms with Crippen molar-refractivity contribution in [2.45, 2.75) is 165 Å². The van der Waals surface area contributed by atoms with Crippen LogP contribution in [0.3, 0.4) is 0 Å². The zero-order valence-corrected chi connectivity index (χ0v) is 50.9. The Morgan fingerprint density at radius 1 is 0.562 bits per heavy atom. The van der Waals surface area contributed by atoms with Crippen LogP contribution in [0.2, 0.25) is 0 Å². The van der Waals surface area contributed by atoms with Gasteiger partial charge in [0.1, 0.15) is 59.8 Å². The number of likely N-dealkylation sites (tertiary alicyclic amines) is 1. The van der Waals surface area contributed by atoms with Gasteiger partial charge >= 0.3 is 5.97 Å². The molecular formula is C61H91N15O13. The minimum Gasteiger partial charge on any atom is -0.508 e. The van der Waals surface area contributed by atoms with E-state index in [0.717, 1.165) is 0 Å². The molecule has 28 heteroatoms. The van der Waals surface area contributed by atoms with E-state index < -0.39 is 120 Å². The molecule has 4 rings (SSSR count). The Morgan fingerprint density at radius 2 is 1.06 bits per heavy atom. The van der Waals surface area contributed by atoms with Gasteiger partial charge in [0.15, 0.2) is 5.96 Å². The second-order valence-electron chi connectivity index (χ2n) is 22.6. The van der Waals surface area contributed by atoms with Crippen LogP contribution in [0.25, 0.3) is 0 Å². The number of phenols is 2. The van der Waals surface area contributed by atoms with Crippen LogP contribution < -0.4 is 71.2 Å². The van der Waals surface area contributed by atoms with E-state index in [9.17, 15) is 63.3 Å². The first-order valence-corrected chi connectivity index (χ1v) is 30.1. The third kappa shape index (κ3) is 25.8. The van der Waals surface area contributed by atoms with Gasteiger partial charge in [0.2, 0.25) is 53.2 Å². The number of rotatable bonds is 38. The van der Waals surface area contributed by atoms with Crippen molar-refractivity contribution in [3.05, 3.63) is 95.6 Å². The summed E-state index contributed by atoms with van der Waals surface area (Å²) in [5.74, 6) is -8.45. The van der Waals surface area contributed by atoms with Crippen LogP contribution in [0.15, 0.2) is 83.9 Å². The lowest BCUT2D eigenvalue weighted by Crippen LogP contribution is -2.60. The van der Waals surface area contributed by atoms with E-state index in [1.54, 1.807) is 68.4 Å². The van der Waals surface area contributed by atoms with Crippen LogP contribution in [0.4, 0.5) is 0 Å². The predicted octanol–water partition coefficient (Wildman–Crippen LogP) is -1.58. The second kappa shape index (κ2) is 37.7. The summed E-state index contributed by atoms with van der Waals surface area (Å²) >= 11 is 0. The van der Waals surface area contributed by atoms with E-state index >= 15 is 0 Å². The molecule has 89 heavy (non-hydrogen) atoms. The normalized spacial score (nSPS) is 15.5.